The average molecular weight is 343 g/mol. The van der Waals surface area contributed by atoms with Gasteiger partial charge in [0.1, 0.15) is 0 Å². The van der Waals surface area contributed by atoms with Crippen LogP contribution in [0.3, 0.4) is 0 Å². The molecule has 0 bridgehead atoms. The number of anilines is 1. The van der Waals surface area contributed by atoms with E-state index in [1.807, 2.05) is 0 Å². The summed E-state index contributed by atoms with van der Waals surface area (Å²) in [6.07, 6.45) is 0. The molecule has 0 saturated carbocycles. The molecule has 0 aliphatic rings. The first kappa shape index (κ1) is 15.8. The van der Waals surface area contributed by atoms with Crippen molar-refractivity contribution in [3.05, 3.63) is 57.6 Å². The molecule has 2 aromatic carbocycles. The highest BCUT2D eigenvalue weighted by molar-refractivity contribution is 7.84. The van der Waals surface area contributed by atoms with Gasteiger partial charge in [-0.15, -0.1) is 0 Å². The maximum atomic E-state index is 12.3. The minimum Gasteiger partial charge on any atom is -0.398 e. The second-order valence-corrected chi connectivity index (χ2v) is 6.61. The third-order valence-electron chi connectivity index (χ3n) is 2.87. The Morgan fingerprint density at radius 2 is 1.81 bits per heavy atom. The first-order chi connectivity index (χ1) is 9.88. The van der Waals surface area contributed by atoms with E-state index in [9.17, 15) is 9.00 Å². The molecule has 1 unspecified atom stereocenters. The van der Waals surface area contributed by atoms with Crippen LogP contribution in [0.1, 0.15) is 15.9 Å². The second-order valence-electron chi connectivity index (χ2n) is 4.34. The number of carbonyl (C=O) groups is 1. The molecule has 1 atom stereocenters. The van der Waals surface area contributed by atoms with E-state index < -0.39 is 16.7 Å². The van der Waals surface area contributed by atoms with Crippen molar-refractivity contribution in [2.45, 2.75) is 10.6 Å². The van der Waals surface area contributed by atoms with Crippen molar-refractivity contribution in [3.63, 3.8) is 0 Å². The van der Waals surface area contributed by atoms with Gasteiger partial charge in [-0.2, -0.15) is 0 Å². The molecule has 0 heterocycles. The Bertz CT molecular complexity index is 735. The Hall–Kier alpha value is -1.56. The van der Waals surface area contributed by atoms with E-state index in [4.69, 9.17) is 34.7 Å². The topological polar surface area (TPSA) is 86.2 Å². The van der Waals surface area contributed by atoms with Crippen molar-refractivity contribution in [1.29, 1.82) is 0 Å². The van der Waals surface area contributed by atoms with Crippen LogP contribution in [0.15, 0.2) is 41.3 Å². The van der Waals surface area contributed by atoms with E-state index in [-0.39, 0.29) is 5.75 Å². The number of benzene rings is 2. The lowest BCUT2D eigenvalue weighted by molar-refractivity contribution is 0.100. The van der Waals surface area contributed by atoms with Gasteiger partial charge in [0.25, 0.3) is 0 Å². The van der Waals surface area contributed by atoms with Crippen molar-refractivity contribution < 1.29 is 9.00 Å². The van der Waals surface area contributed by atoms with Gasteiger partial charge in [-0.25, -0.2) is 0 Å². The van der Waals surface area contributed by atoms with Crippen LogP contribution < -0.4 is 11.5 Å². The number of nitrogens with two attached hydrogens (primary N) is 2. The van der Waals surface area contributed by atoms with Crippen molar-refractivity contribution in [3.8, 4) is 0 Å². The number of nitrogen functional groups attached to an aromatic ring is 1. The molecule has 21 heavy (non-hydrogen) atoms. The van der Waals surface area contributed by atoms with Gasteiger partial charge in [0.05, 0.1) is 26.6 Å². The Morgan fingerprint density at radius 1 is 1.10 bits per heavy atom. The van der Waals surface area contributed by atoms with Crippen LogP contribution in [0.4, 0.5) is 5.69 Å². The molecule has 0 fully saturated rings. The maximum absolute atomic E-state index is 12.3. The number of primary amides is 1. The predicted octanol–water partition coefficient (Wildman–Crippen LogP) is 2.98. The normalized spacial score (nSPS) is 12.1. The summed E-state index contributed by atoms with van der Waals surface area (Å²) in [5.41, 5.74) is 12.4. The summed E-state index contributed by atoms with van der Waals surface area (Å²) in [7, 11) is -1.32. The lowest BCUT2D eigenvalue weighted by Crippen LogP contribution is -2.12. The van der Waals surface area contributed by atoms with Gasteiger partial charge >= 0.3 is 0 Å². The molecule has 0 spiro atoms. The molecule has 110 valence electrons. The summed E-state index contributed by atoms with van der Waals surface area (Å²) in [5.74, 6) is -0.345. The summed E-state index contributed by atoms with van der Waals surface area (Å²) in [6, 6.07) is 9.48. The molecule has 1 amide bonds. The minimum atomic E-state index is -1.32. The molecule has 0 aromatic heterocycles. The summed E-state index contributed by atoms with van der Waals surface area (Å²) in [4.78, 5) is 11.6. The lowest BCUT2D eigenvalue weighted by Gasteiger charge is -2.08. The monoisotopic (exact) mass is 342 g/mol. The standard InChI is InChI=1S/C14H12Cl2N2O2S/c15-11-4-3-10(6-12(11)16)21(20)7-9-2-1-8(14(18)19)5-13(9)17/h1-6H,7,17H2,(H2,18,19). The zero-order valence-corrected chi connectivity index (χ0v) is 13.1. The van der Waals surface area contributed by atoms with E-state index in [1.165, 1.54) is 6.07 Å². The second kappa shape index (κ2) is 6.47. The average Bonchev–Trinajstić information content (AvgIpc) is 2.43. The minimum absolute atomic E-state index is 0.211. The van der Waals surface area contributed by atoms with Crippen molar-refractivity contribution in [2.24, 2.45) is 5.73 Å². The fourth-order valence-electron chi connectivity index (χ4n) is 1.72. The van der Waals surface area contributed by atoms with Crippen LogP contribution in [0.25, 0.3) is 0 Å². The van der Waals surface area contributed by atoms with Gasteiger partial charge in [0.2, 0.25) is 5.91 Å². The van der Waals surface area contributed by atoms with Gasteiger partial charge in [-0.3, -0.25) is 9.00 Å². The summed E-state index contributed by atoms with van der Waals surface area (Å²) in [6.45, 7) is 0. The molecule has 0 aliphatic heterocycles. The third-order valence-corrected chi connectivity index (χ3v) is 4.96. The smallest absolute Gasteiger partial charge is 0.248 e. The van der Waals surface area contributed by atoms with E-state index >= 15 is 0 Å². The van der Waals surface area contributed by atoms with Gasteiger partial charge in [-0.1, -0.05) is 29.3 Å². The maximum Gasteiger partial charge on any atom is 0.248 e. The number of hydrogen-bond donors (Lipinski definition) is 2. The highest BCUT2D eigenvalue weighted by Crippen LogP contribution is 2.26. The van der Waals surface area contributed by atoms with E-state index in [0.29, 0.717) is 31.8 Å². The van der Waals surface area contributed by atoms with E-state index in [1.54, 1.807) is 30.3 Å². The van der Waals surface area contributed by atoms with Gasteiger partial charge < -0.3 is 11.5 Å². The van der Waals surface area contributed by atoms with Crippen molar-refractivity contribution in [2.75, 3.05) is 5.73 Å². The Kier molecular flexibility index (Phi) is 4.88. The van der Waals surface area contributed by atoms with Crippen LogP contribution in [-0.2, 0) is 16.6 Å². The first-order valence-electron chi connectivity index (χ1n) is 5.90. The van der Waals surface area contributed by atoms with Gasteiger partial charge in [-0.05, 0) is 35.9 Å². The zero-order valence-electron chi connectivity index (χ0n) is 10.8. The van der Waals surface area contributed by atoms with Crippen LogP contribution in [0.2, 0.25) is 10.0 Å². The zero-order chi connectivity index (χ0) is 15.6. The van der Waals surface area contributed by atoms with Crippen LogP contribution >= 0.6 is 23.2 Å². The lowest BCUT2D eigenvalue weighted by atomic mass is 10.1. The molecule has 7 heteroatoms. The highest BCUT2D eigenvalue weighted by atomic mass is 35.5. The SMILES string of the molecule is NC(=O)c1ccc(CS(=O)c2ccc(Cl)c(Cl)c2)c(N)c1. The number of rotatable bonds is 4. The summed E-state index contributed by atoms with van der Waals surface area (Å²) in [5, 5.41) is 0.752. The Balaban J connectivity index is 2.23. The van der Waals surface area contributed by atoms with E-state index in [2.05, 4.69) is 0 Å². The Morgan fingerprint density at radius 3 is 2.38 bits per heavy atom. The molecule has 4 N–H and O–H groups in total. The summed E-state index contributed by atoms with van der Waals surface area (Å²) < 4.78 is 12.3. The first-order valence-corrected chi connectivity index (χ1v) is 7.97. The molecule has 0 aliphatic carbocycles. The van der Waals surface area contributed by atoms with Crippen molar-refractivity contribution in [1.82, 2.24) is 0 Å². The van der Waals surface area contributed by atoms with Crippen LogP contribution in [0.5, 0.6) is 0 Å². The number of halogens is 2. The molecular formula is C14H12Cl2N2O2S. The summed E-state index contributed by atoms with van der Waals surface area (Å²) >= 11 is 11.7. The quantitative estimate of drug-likeness (QED) is 0.837. The van der Waals surface area contributed by atoms with E-state index in [0.717, 1.165) is 0 Å². The fourth-order valence-corrected chi connectivity index (χ4v) is 3.27. The molecule has 4 nitrogen and oxygen atoms in total. The molecule has 2 rings (SSSR count). The third kappa shape index (κ3) is 3.75. The van der Waals surface area contributed by atoms with Gasteiger partial charge in [0.15, 0.2) is 0 Å². The highest BCUT2D eigenvalue weighted by Gasteiger charge is 2.11. The van der Waals surface area contributed by atoms with Crippen LogP contribution in [0, 0.1) is 0 Å². The van der Waals surface area contributed by atoms with Crippen molar-refractivity contribution >= 4 is 45.6 Å². The Labute approximate surface area is 134 Å². The number of amides is 1. The van der Waals surface area contributed by atoms with Gasteiger partial charge in [0, 0.05) is 16.1 Å². The predicted molar refractivity (Wildman–Crippen MR) is 85.9 cm³/mol. The largest absolute Gasteiger partial charge is 0.398 e. The number of hydrogen-bond acceptors (Lipinski definition) is 3. The molecule has 0 saturated heterocycles. The number of carbonyl (C=O) groups excluding carboxylic acids is 1. The fraction of sp³-hybridized carbons (Fsp3) is 0.0714. The molecule has 0 radical (unpaired) electrons. The molecular weight excluding hydrogens is 331 g/mol. The van der Waals surface area contributed by atoms with Crippen LogP contribution in [-0.4, -0.2) is 10.1 Å². The molecule has 2 aromatic rings.